The SMILES string of the molecule is CC(C)c1cc(C(C)C)c(NCCCN(C)CCCNc2c(C(C)C)cc(C(C)C)cc2C(C)C)c(C(C)C)c1. The van der Waals surface area contributed by atoms with Gasteiger partial charge < -0.3 is 15.5 Å². The molecule has 0 saturated carbocycles. The highest BCUT2D eigenvalue weighted by molar-refractivity contribution is 5.63. The maximum absolute atomic E-state index is 3.86. The summed E-state index contributed by atoms with van der Waals surface area (Å²) in [4.78, 5) is 2.49. The molecule has 2 aromatic carbocycles. The number of benzene rings is 2. The Bertz CT molecular complexity index is 904. The molecule has 0 aliphatic carbocycles. The second-order valence-electron chi connectivity index (χ2n) is 13.9. The van der Waals surface area contributed by atoms with Gasteiger partial charge in [0, 0.05) is 24.5 Å². The molecule has 0 spiro atoms. The summed E-state index contributed by atoms with van der Waals surface area (Å²) in [6, 6.07) is 9.76. The summed E-state index contributed by atoms with van der Waals surface area (Å²) < 4.78 is 0. The highest BCUT2D eigenvalue weighted by atomic mass is 15.1. The third kappa shape index (κ3) is 9.54. The van der Waals surface area contributed by atoms with Gasteiger partial charge in [0.25, 0.3) is 0 Å². The molecular weight excluding hydrogens is 486 g/mol. The highest BCUT2D eigenvalue weighted by Crippen LogP contribution is 2.37. The molecule has 40 heavy (non-hydrogen) atoms. The van der Waals surface area contributed by atoms with Crippen LogP contribution in [-0.4, -0.2) is 38.1 Å². The summed E-state index contributed by atoms with van der Waals surface area (Å²) in [5, 5.41) is 7.72. The lowest BCUT2D eigenvalue weighted by Gasteiger charge is -2.25. The minimum Gasteiger partial charge on any atom is -0.385 e. The molecule has 2 aromatic rings. The first kappa shape index (κ1) is 34.2. The van der Waals surface area contributed by atoms with Gasteiger partial charge >= 0.3 is 0 Å². The topological polar surface area (TPSA) is 27.3 Å². The van der Waals surface area contributed by atoms with Crippen molar-refractivity contribution in [1.29, 1.82) is 0 Å². The van der Waals surface area contributed by atoms with Gasteiger partial charge in [-0.1, -0.05) is 107 Å². The van der Waals surface area contributed by atoms with Crippen LogP contribution < -0.4 is 10.6 Å². The van der Waals surface area contributed by atoms with Crippen molar-refractivity contribution in [2.45, 2.75) is 131 Å². The van der Waals surface area contributed by atoms with Crippen LogP contribution in [0.15, 0.2) is 24.3 Å². The fraction of sp³-hybridized carbons (Fsp3) is 0.676. The molecule has 0 atom stereocenters. The van der Waals surface area contributed by atoms with Crippen LogP contribution in [0.5, 0.6) is 0 Å². The van der Waals surface area contributed by atoms with Gasteiger partial charge in [-0.25, -0.2) is 0 Å². The molecule has 2 rings (SSSR count). The normalized spacial score (nSPS) is 12.3. The lowest BCUT2D eigenvalue weighted by Crippen LogP contribution is -2.25. The molecule has 2 N–H and O–H groups in total. The van der Waals surface area contributed by atoms with E-state index in [9.17, 15) is 0 Å². The molecule has 3 heteroatoms. The van der Waals surface area contributed by atoms with Crippen LogP contribution in [0.3, 0.4) is 0 Å². The number of nitrogens with one attached hydrogen (secondary N) is 2. The molecule has 3 nitrogen and oxygen atoms in total. The minimum atomic E-state index is 0.517. The van der Waals surface area contributed by atoms with Crippen molar-refractivity contribution in [3.05, 3.63) is 57.6 Å². The van der Waals surface area contributed by atoms with Crippen LogP contribution in [0.25, 0.3) is 0 Å². The van der Waals surface area contributed by atoms with Crippen LogP contribution in [0, 0.1) is 0 Å². The first-order chi connectivity index (χ1) is 18.7. The van der Waals surface area contributed by atoms with E-state index in [1.54, 1.807) is 0 Å². The fourth-order valence-electron chi connectivity index (χ4n) is 5.56. The van der Waals surface area contributed by atoms with E-state index in [0.29, 0.717) is 35.5 Å². The highest BCUT2D eigenvalue weighted by Gasteiger charge is 2.18. The van der Waals surface area contributed by atoms with E-state index >= 15 is 0 Å². The summed E-state index contributed by atoms with van der Waals surface area (Å²) in [7, 11) is 2.27. The maximum atomic E-state index is 3.86. The first-order valence-electron chi connectivity index (χ1n) is 16.3. The quantitative estimate of drug-likeness (QED) is 0.204. The van der Waals surface area contributed by atoms with Gasteiger partial charge in [0.1, 0.15) is 0 Å². The van der Waals surface area contributed by atoms with E-state index in [1.807, 2.05) is 0 Å². The van der Waals surface area contributed by atoms with Crippen molar-refractivity contribution in [3.63, 3.8) is 0 Å². The summed E-state index contributed by atoms with van der Waals surface area (Å²) in [6.45, 7) is 32.0. The van der Waals surface area contributed by atoms with E-state index in [2.05, 4.69) is 130 Å². The lowest BCUT2D eigenvalue weighted by molar-refractivity contribution is 0.331. The number of anilines is 2. The predicted octanol–water partition coefficient (Wildman–Crippen LogP) is 10.7. The number of rotatable bonds is 16. The fourth-order valence-corrected chi connectivity index (χ4v) is 5.56. The summed E-state index contributed by atoms with van der Waals surface area (Å²) in [6.07, 6.45) is 2.30. The monoisotopic (exact) mass is 550 g/mol. The zero-order chi connectivity index (χ0) is 30.1. The van der Waals surface area contributed by atoms with Crippen molar-refractivity contribution >= 4 is 11.4 Å². The minimum absolute atomic E-state index is 0.517. The molecule has 226 valence electrons. The summed E-state index contributed by atoms with van der Waals surface area (Å²) >= 11 is 0. The average Bonchev–Trinajstić information content (AvgIpc) is 2.87. The van der Waals surface area contributed by atoms with Crippen molar-refractivity contribution in [1.82, 2.24) is 4.90 Å². The van der Waals surface area contributed by atoms with Crippen molar-refractivity contribution in [3.8, 4) is 0 Å². The van der Waals surface area contributed by atoms with Crippen LogP contribution in [0.4, 0.5) is 11.4 Å². The second-order valence-corrected chi connectivity index (χ2v) is 13.9. The van der Waals surface area contributed by atoms with Crippen molar-refractivity contribution in [2.24, 2.45) is 0 Å². The Morgan fingerprint density at radius 2 is 0.750 bits per heavy atom. The van der Waals surface area contributed by atoms with Gasteiger partial charge in [-0.3, -0.25) is 0 Å². The first-order valence-corrected chi connectivity index (χ1v) is 16.3. The molecule has 0 aromatic heterocycles. The van der Waals surface area contributed by atoms with E-state index in [0.717, 1.165) is 39.0 Å². The molecule has 0 fully saturated rings. The average molecular weight is 550 g/mol. The van der Waals surface area contributed by atoms with Crippen LogP contribution in [0.2, 0.25) is 0 Å². The molecule has 0 aliphatic rings. The number of hydrogen-bond acceptors (Lipinski definition) is 3. The van der Waals surface area contributed by atoms with Crippen LogP contribution in [-0.2, 0) is 0 Å². The van der Waals surface area contributed by atoms with Crippen LogP contribution >= 0.6 is 0 Å². The van der Waals surface area contributed by atoms with Crippen molar-refractivity contribution < 1.29 is 0 Å². The zero-order valence-electron chi connectivity index (χ0n) is 28.5. The maximum Gasteiger partial charge on any atom is 0.0410 e. The van der Waals surface area contributed by atoms with E-state index in [4.69, 9.17) is 0 Å². The largest absolute Gasteiger partial charge is 0.385 e. The van der Waals surface area contributed by atoms with Crippen molar-refractivity contribution in [2.75, 3.05) is 43.9 Å². The molecule has 0 bridgehead atoms. The van der Waals surface area contributed by atoms with Gasteiger partial charge in [-0.2, -0.15) is 0 Å². The molecule has 0 saturated heterocycles. The Balaban J connectivity index is 1.94. The Hall–Kier alpha value is -2.00. The molecule has 0 aliphatic heterocycles. The molecular formula is C37H63N3. The van der Waals surface area contributed by atoms with E-state index < -0.39 is 0 Å². The predicted molar refractivity (Wildman–Crippen MR) is 181 cm³/mol. The summed E-state index contributed by atoms with van der Waals surface area (Å²) in [5.74, 6) is 3.18. The Kier molecular flexibility index (Phi) is 13.6. The second kappa shape index (κ2) is 15.9. The van der Waals surface area contributed by atoms with Gasteiger partial charge in [0.15, 0.2) is 0 Å². The lowest BCUT2D eigenvalue weighted by atomic mass is 9.87. The smallest absolute Gasteiger partial charge is 0.0410 e. The third-order valence-corrected chi connectivity index (χ3v) is 8.30. The third-order valence-electron chi connectivity index (χ3n) is 8.30. The molecule has 0 radical (unpaired) electrons. The van der Waals surface area contributed by atoms with Crippen LogP contribution in [0.1, 0.15) is 165 Å². The summed E-state index contributed by atoms with van der Waals surface area (Å²) in [5.41, 5.74) is 11.6. The number of nitrogens with zero attached hydrogens (tertiary/aromatic N) is 1. The van der Waals surface area contributed by atoms with Gasteiger partial charge in [-0.15, -0.1) is 0 Å². The Morgan fingerprint density at radius 1 is 0.475 bits per heavy atom. The van der Waals surface area contributed by atoms with Gasteiger partial charge in [0.05, 0.1) is 0 Å². The van der Waals surface area contributed by atoms with Gasteiger partial charge in [-0.05, 0) is 102 Å². The Labute approximate surface area is 248 Å². The van der Waals surface area contributed by atoms with E-state index in [1.165, 1.54) is 44.8 Å². The molecule has 0 unspecified atom stereocenters. The molecule has 0 heterocycles. The van der Waals surface area contributed by atoms with Gasteiger partial charge in [0.2, 0.25) is 0 Å². The Morgan fingerprint density at radius 3 is 0.975 bits per heavy atom. The number of hydrogen-bond donors (Lipinski definition) is 2. The van der Waals surface area contributed by atoms with E-state index in [-0.39, 0.29) is 0 Å². The standard InChI is InChI=1S/C37H63N3/c1-24(2)30-20-32(26(5)6)36(33(21-30)27(7)8)38-16-14-18-40(13)19-15-17-39-37-34(28(9)10)22-31(25(3)4)23-35(37)29(11)12/h20-29,38-39H,14-19H2,1-13H3. The molecule has 0 amide bonds. The zero-order valence-corrected chi connectivity index (χ0v) is 28.5.